The van der Waals surface area contributed by atoms with E-state index in [0.29, 0.717) is 12.0 Å². The van der Waals surface area contributed by atoms with Crippen LogP contribution in [0.15, 0.2) is 59.8 Å². The molecular formula is C21H23N3OS. The summed E-state index contributed by atoms with van der Waals surface area (Å²) in [4.78, 5) is 20.3. The zero-order valence-corrected chi connectivity index (χ0v) is 15.9. The summed E-state index contributed by atoms with van der Waals surface area (Å²) in [5.74, 6) is 1.61. The Morgan fingerprint density at radius 3 is 2.73 bits per heavy atom. The average molecular weight is 366 g/mol. The summed E-state index contributed by atoms with van der Waals surface area (Å²) in [6.45, 7) is 2.15. The average Bonchev–Trinajstić information content (AvgIpc) is 3.44. The highest BCUT2D eigenvalue weighted by atomic mass is 32.2. The highest BCUT2D eigenvalue weighted by molar-refractivity contribution is 7.98. The molecule has 0 N–H and O–H groups in total. The van der Waals surface area contributed by atoms with E-state index in [4.69, 9.17) is 0 Å². The van der Waals surface area contributed by atoms with Gasteiger partial charge in [-0.25, -0.2) is 4.98 Å². The Balaban J connectivity index is 1.38. The van der Waals surface area contributed by atoms with Crippen molar-refractivity contribution in [2.75, 3.05) is 7.05 Å². The number of nitrogens with zero attached hydrogens (tertiary/aromatic N) is 3. The van der Waals surface area contributed by atoms with Crippen molar-refractivity contribution in [2.24, 2.45) is 5.92 Å². The number of carbonyl (C=O) groups is 1. The summed E-state index contributed by atoms with van der Waals surface area (Å²) in [5, 5.41) is 0. The topological polar surface area (TPSA) is 37.6 Å². The van der Waals surface area contributed by atoms with Crippen LogP contribution < -0.4 is 0 Å². The monoisotopic (exact) mass is 365 g/mol. The minimum Gasteiger partial charge on any atom is -0.339 e. The van der Waals surface area contributed by atoms with Gasteiger partial charge in [0.05, 0.1) is 5.69 Å². The number of hydrogen-bond donors (Lipinski definition) is 0. The maximum Gasteiger partial charge on any atom is 0.253 e. The summed E-state index contributed by atoms with van der Waals surface area (Å²) in [6, 6.07) is 14.3. The second kappa shape index (κ2) is 7.16. The van der Waals surface area contributed by atoms with E-state index in [1.165, 1.54) is 12.8 Å². The van der Waals surface area contributed by atoms with Gasteiger partial charge >= 0.3 is 0 Å². The fraction of sp³-hybridized carbons (Fsp3) is 0.333. The molecule has 0 aliphatic heterocycles. The van der Waals surface area contributed by atoms with Crippen molar-refractivity contribution in [2.45, 2.75) is 36.5 Å². The second-order valence-corrected chi connectivity index (χ2v) is 8.05. The fourth-order valence-electron chi connectivity index (χ4n) is 3.19. The lowest BCUT2D eigenvalue weighted by atomic mass is 10.1. The van der Waals surface area contributed by atoms with Crippen molar-refractivity contribution < 1.29 is 4.79 Å². The summed E-state index contributed by atoms with van der Waals surface area (Å²) in [5.41, 5.74) is 2.79. The van der Waals surface area contributed by atoms with E-state index in [-0.39, 0.29) is 5.91 Å². The van der Waals surface area contributed by atoms with Gasteiger partial charge in [0, 0.05) is 41.7 Å². The lowest BCUT2D eigenvalue weighted by molar-refractivity contribution is 0.0727. The molecule has 0 saturated heterocycles. The predicted molar refractivity (Wildman–Crippen MR) is 105 cm³/mol. The zero-order chi connectivity index (χ0) is 18.1. The molecule has 0 radical (unpaired) electrons. The Labute approximate surface area is 158 Å². The summed E-state index contributed by atoms with van der Waals surface area (Å²) < 4.78 is 2.04. The first-order valence-corrected chi connectivity index (χ1v) is 10.0. The van der Waals surface area contributed by atoms with Gasteiger partial charge in [0.1, 0.15) is 5.65 Å². The van der Waals surface area contributed by atoms with Gasteiger partial charge in [-0.1, -0.05) is 6.07 Å². The third-order valence-electron chi connectivity index (χ3n) is 5.14. The van der Waals surface area contributed by atoms with Gasteiger partial charge < -0.3 is 9.30 Å². The van der Waals surface area contributed by atoms with Crippen molar-refractivity contribution in [3.05, 3.63) is 66.1 Å². The number of aromatic nitrogens is 2. The number of rotatable bonds is 6. The molecule has 1 fully saturated rings. The molecule has 5 heteroatoms. The van der Waals surface area contributed by atoms with Crippen LogP contribution in [0.3, 0.4) is 0 Å². The highest BCUT2D eigenvalue weighted by Gasteiger charge is 2.32. The van der Waals surface area contributed by atoms with Gasteiger partial charge in [-0.3, -0.25) is 4.79 Å². The number of fused-ring (bicyclic) bond motifs is 1. The van der Waals surface area contributed by atoms with Crippen molar-refractivity contribution in [3.8, 4) is 0 Å². The van der Waals surface area contributed by atoms with Crippen LogP contribution in [0.1, 0.15) is 35.8 Å². The number of hydrogen-bond acceptors (Lipinski definition) is 3. The van der Waals surface area contributed by atoms with Gasteiger partial charge in [0.15, 0.2) is 0 Å². The van der Waals surface area contributed by atoms with Crippen LogP contribution in [0.5, 0.6) is 0 Å². The van der Waals surface area contributed by atoms with E-state index in [2.05, 4.69) is 18.1 Å². The van der Waals surface area contributed by atoms with Crippen molar-refractivity contribution >= 4 is 23.3 Å². The Hall–Kier alpha value is -2.27. The molecule has 4 nitrogen and oxygen atoms in total. The van der Waals surface area contributed by atoms with Gasteiger partial charge in [0.2, 0.25) is 0 Å². The minimum atomic E-state index is 0.112. The number of benzene rings is 1. The lowest BCUT2D eigenvalue weighted by Crippen LogP contribution is -2.36. The van der Waals surface area contributed by atoms with Crippen molar-refractivity contribution in [3.63, 3.8) is 0 Å². The standard InChI is InChI=1S/C21H23N3OS/c1-15(16-6-7-16)23(2)21(25)17-8-10-19(11-9-17)26-14-18-13-24-12-4-3-5-20(24)22-18/h3-5,8-13,15-16H,6-7,14H2,1-2H3. The Kier molecular flexibility index (Phi) is 4.72. The van der Waals surface area contributed by atoms with Crippen molar-refractivity contribution in [1.82, 2.24) is 14.3 Å². The first-order chi connectivity index (χ1) is 12.6. The quantitative estimate of drug-likeness (QED) is 0.604. The van der Waals surface area contributed by atoms with Crippen LogP contribution >= 0.6 is 11.8 Å². The van der Waals surface area contributed by atoms with E-state index in [1.54, 1.807) is 11.8 Å². The molecule has 1 saturated carbocycles. The molecule has 4 rings (SSSR count). The molecule has 1 aromatic carbocycles. The molecule has 3 aromatic rings. The SMILES string of the molecule is CC(C1CC1)N(C)C(=O)c1ccc(SCc2cn3ccccc3n2)cc1. The normalized spacial score (nSPS) is 15.2. The molecule has 1 aliphatic carbocycles. The van der Waals surface area contributed by atoms with E-state index >= 15 is 0 Å². The van der Waals surface area contributed by atoms with E-state index in [0.717, 1.165) is 27.6 Å². The largest absolute Gasteiger partial charge is 0.339 e. The van der Waals surface area contributed by atoms with E-state index in [9.17, 15) is 4.79 Å². The number of imidazole rings is 1. The summed E-state index contributed by atoms with van der Waals surface area (Å²) in [7, 11) is 1.91. The van der Waals surface area contributed by atoms with Crippen LogP contribution in [0.4, 0.5) is 0 Å². The Morgan fingerprint density at radius 1 is 1.27 bits per heavy atom. The molecule has 2 heterocycles. The summed E-state index contributed by atoms with van der Waals surface area (Å²) >= 11 is 1.74. The van der Waals surface area contributed by atoms with Gasteiger partial charge in [-0.15, -0.1) is 11.8 Å². The zero-order valence-electron chi connectivity index (χ0n) is 15.1. The molecule has 0 spiro atoms. The first kappa shape index (κ1) is 17.2. The van der Waals surface area contributed by atoms with Crippen LogP contribution in [-0.2, 0) is 5.75 Å². The smallest absolute Gasteiger partial charge is 0.253 e. The molecule has 26 heavy (non-hydrogen) atoms. The lowest BCUT2D eigenvalue weighted by Gasteiger charge is -2.25. The number of pyridine rings is 1. The number of carbonyl (C=O) groups excluding carboxylic acids is 1. The van der Waals surface area contributed by atoms with Crippen molar-refractivity contribution in [1.29, 1.82) is 0 Å². The Bertz CT molecular complexity index is 881. The van der Waals surface area contributed by atoms with E-state index in [1.807, 2.05) is 65.0 Å². The number of thioether (sulfide) groups is 1. The summed E-state index contributed by atoms with van der Waals surface area (Å²) in [6.07, 6.45) is 6.57. The van der Waals surface area contributed by atoms with E-state index < -0.39 is 0 Å². The third kappa shape index (κ3) is 3.63. The third-order valence-corrected chi connectivity index (χ3v) is 6.18. The number of amides is 1. The predicted octanol–water partition coefficient (Wildman–Crippen LogP) is 4.50. The molecule has 134 valence electrons. The maximum atomic E-state index is 12.6. The minimum absolute atomic E-state index is 0.112. The molecule has 1 unspecified atom stereocenters. The van der Waals surface area contributed by atoms with Gasteiger partial charge in [0.25, 0.3) is 5.91 Å². The fourth-order valence-corrected chi connectivity index (χ4v) is 3.97. The van der Waals surface area contributed by atoms with Crippen LogP contribution in [-0.4, -0.2) is 33.3 Å². The first-order valence-electron chi connectivity index (χ1n) is 9.04. The van der Waals surface area contributed by atoms with Crippen LogP contribution in [0.2, 0.25) is 0 Å². The second-order valence-electron chi connectivity index (χ2n) is 7.01. The van der Waals surface area contributed by atoms with Gasteiger partial charge in [-0.2, -0.15) is 0 Å². The van der Waals surface area contributed by atoms with Gasteiger partial charge in [-0.05, 0) is 62.1 Å². The van der Waals surface area contributed by atoms with Crippen LogP contribution in [0, 0.1) is 5.92 Å². The van der Waals surface area contributed by atoms with Crippen LogP contribution in [0.25, 0.3) is 5.65 Å². The molecule has 1 amide bonds. The molecule has 0 bridgehead atoms. The molecule has 1 atom stereocenters. The molecule has 2 aromatic heterocycles. The highest BCUT2D eigenvalue weighted by Crippen LogP contribution is 2.35. The molecule has 1 aliphatic rings. The Morgan fingerprint density at radius 2 is 2.04 bits per heavy atom. The molecular weight excluding hydrogens is 342 g/mol. The maximum absolute atomic E-state index is 12.6.